The van der Waals surface area contributed by atoms with E-state index in [-0.39, 0.29) is 10.9 Å². The zero-order chi connectivity index (χ0) is 14.7. The molecule has 0 saturated heterocycles. The minimum Gasteiger partial charge on any atom is -0.331 e. The lowest BCUT2D eigenvalue weighted by molar-refractivity contribution is 0.631. The van der Waals surface area contributed by atoms with Gasteiger partial charge in [-0.25, -0.2) is 4.39 Å². The van der Waals surface area contributed by atoms with Gasteiger partial charge in [0, 0.05) is 5.02 Å². The highest BCUT2D eigenvalue weighted by molar-refractivity contribution is 7.80. The third-order valence-corrected chi connectivity index (χ3v) is 3.32. The Morgan fingerprint density at radius 2 is 1.75 bits per heavy atom. The number of hydrogen-bond acceptors (Lipinski definition) is 1. The van der Waals surface area contributed by atoms with Crippen LogP contribution in [0.5, 0.6) is 0 Å². The fraction of sp³-hybridized carbons (Fsp3) is 0.0714. The number of nitrogens with one attached hydrogen (secondary N) is 2. The fourth-order valence-electron chi connectivity index (χ4n) is 1.59. The van der Waals surface area contributed by atoms with E-state index in [9.17, 15) is 4.39 Å². The Hall–Kier alpha value is -1.36. The van der Waals surface area contributed by atoms with Crippen molar-refractivity contribution in [1.82, 2.24) is 0 Å². The second kappa shape index (κ2) is 6.39. The van der Waals surface area contributed by atoms with Crippen molar-refractivity contribution in [2.75, 3.05) is 10.6 Å². The van der Waals surface area contributed by atoms with Crippen LogP contribution in [-0.2, 0) is 0 Å². The van der Waals surface area contributed by atoms with Gasteiger partial charge in [0.05, 0.1) is 16.4 Å². The zero-order valence-corrected chi connectivity index (χ0v) is 12.8. The van der Waals surface area contributed by atoms with Crippen molar-refractivity contribution in [1.29, 1.82) is 0 Å². The monoisotopic (exact) mass is 328 g/mol. The highest BCUT2D eigenvalue weighted by Crippen LogP contribution is 2.25. The molecule has 0 aliphatic rings. The van der Waals surface area contributed by atoms with Gasteiger partial charge in [-0.3, -0.25) is 0 Å². The topological polar surface area (TPSA) is 24.1 Å². The van der Waals surface area contributed by atoms with Crippen LogP contribution < -0.4 is 10.6 Å². The molecule has 2 aromatic rings. The molecule has 2 nitrogen and oxygen atoms in total. The van der Waals surface area contributed by atoms with Crippen molar-refractivity contribution in [3.05, 3.63) is 57.8 Å². The van der Waals surface area contributed by atoms with Gasteiger partial charge in [-0.2, -0.15) is 0 Å². The Balaban J connectivity index is 2.11. The van der Waals surface area contributed by atoms with Crippen LogP contribution in [-0.4, -0.2) is 5.11 Å². The van der Waals surface area contributed by atoms with Crippen LogP contribution in [0.4, 0.5) is 15.8 Å². The molecule has 2 aromatic carbocycles. The maximum absolute atomic E-state index is 13.7. The highest BCUT2D eigenvalue weighted by Gasteiger charge is 2.07. The number of thiocarbonyl (C=S) groups is 1. The summed E-state index contributed by atoms with van der Waals surface area (Å²) in [5.74, 6) is -0.369. The number of hydrogen-bond donors (Lipinski definition) is 2. The van der Waals surface area contributed by atoms with Gasteiger partial charge in [-0.15, -0.1) is 0 Å². The molecule has 20 heavy (non-hydrogen) atoms. The molecule has 0 aliphatic heterocycles. The second-order valence-electron chi connectivity index (χ2n) is 4.19. The molecule has 0 atom stereocenters. The molecular formula is C14H11Cl2FN2S. The Bertz CT molecular complexity index is 662. The first-order valence-electron chi connectivity index (χ1n) is 5.75. The van der Waals surface area contributed by atoms with E-state index in [1.165, 1.54) is 6.07 Å². The summed E-state index contributed by atoms with van der Waals surface area (Å²) in [4.78, 5) is 0. The number of rotatable bonds is 2. The Kier molecular flexibility index (Phi) is 4.81. The third kappa shape index (κ3) is 3.82. The Morgan fingerprint density at radius 3 is 2.45 bits per heavy atom. The summed E-state index contributed by atoms with van der Waals surface area (Å²) in [5.41, 5.74) is 1.69. The molecular weight excluding hydrogens is 318 g/mol. The molecule has 0 fully saturated rings. The van der Waals surface area contributed by atoms with Crippen molar-refractivity contribution in [2.45, 2.75) is 6.92 Å². The minimum atomic E-state index is -0.369. The molecule has 0 unspecified atom stereocenters. The predicted octanol–water partition coefficient (Wildman–Crippen LogP) is 5.25. The standard InChI is InChI=1S/C14H11Cl2FN2S/c1-8-2-5-12(11(17)6-8)18-14(20)19-13-7-9(15)3-4-10(13)16/h2-7H,1H3,(H2,18,19,20). The quantitative estimate of drug-likeness (QED) is 0.736. The highest BCUT2D eigenvalue weighted by atomic mass is 35.5. The summed E-state index contributed by atoms with van der Waals surface area (Å²) in [5, 5.41) is 6.89. The first-order chi connectivity index (χ1) is 9.45. The molecule has 2 rings (SSSR count). The molecule has 0 saturated carbocycles. The van der Waals surface area contributed by atoms with Crippen LogP contribution in [0.25, 0.3) is 0 Å². The van der Waals surface area contributed by atoms with Crippen molar-refractivity contribution < 1.29 is 4.39 Å². The van der Waals surface area contributed by atoms with Gasteiger partial charge in [-0.05, 0) is 55.0 Å². The predicted molar refractivity (Wildman–Crippen MR) is 87.4 cm³/mol. The molecule has 6 heteroatoms. The van der Waals surface area contributed by atoms with Crippen LogP contribution in [0.2, 0.25) is 10.0 Å². The first kappa shape index (κ1) is 15.0. The summed E-state index contributed by atoms with van der Waals surface area (Å²) in [6.07, 6.45) is 0. The largest absolute Gasteiger partial charge is 0.331 e. The van der Waals surface area contributed by atoms with Crippen molar-refractivity contribution in [3.63, 3.8) is 0 Å². The summed E-state index contributed by atoms with van der Waals surface area (Å²) in [6.45, 7) is 1.81. The van der Waals surface area contributed by atoms with Gasteiger partial charge in [0.2, 0.25) is 0 Å². The van der Waals surface area contributed by atoms with Gasteiger partial charge in [0.25, 0.3) is 0 Å². The van der Waals surface area contributed by atoms with E-state index in [0.29, 0.717) is 21.4 Å². The van der Waals surface area contributed by atoms with Crippen LogP contribution in [0.3, 0.4) is 0 Å². The van der Waals surface area contributed by atoms with E-state index >= 15 is 0 Å². The second-order valence-corrected chi connectivity index (χ2v) is 5.44. The van der Waals surface area contributed by atoms with Crippen molar-refractivity contribution in [2.24, 2.45) is 0 Å². The fourth-order valence-corrected chi connectivity index (χ4v) is 2.15. The zero-order valence-electron chi connectivity index (χ0n) is 10.5. The number of anilines is 2. The molecule has 0 heterocycles. The molecule has 0 radical (unpaired) electrons. The normalized spacial score (nSPS) is 10.2. The first-order valence-corrected chi connectivity index (χ1v) is 6.91. The SMILES string of the molecule is Cc1ccc(NC(=S)Nc2cc(Cl)ccc2Cl)c(F)c1. The summed E-state index contributed by atoms with van der Waals surface area (Å²) in [6, 6.07) is 9.81. The maximum atomic E-state index is 13.7. The van der Waals surface area contributed by atoms with Gasteiger partial charge in [0.15, 0.2) is 5.11 Å². The van der Waals surface area contributed by atoms with Gasteiger partial charge >= 0.3 is 0 Å². The lowest BCUT2D eigenvalue weighted by atomic mass is 10.2. The lowest BCUT2D eigenvalue weighted by Crippen LogP contribution is -2.20. The van der Waals surface area contributed by atoms with Crippen LogP contribution in [0.15, 0.2) is 36.4 Å². The molecule has 2 N–H and O–H groups in total. The summed E-state index contributed by atoms with van der Waals surface area (Å²) >= 11 is 17.0. The minimum absolute atomic E-state index is 0.233. The van der Waals surface area contributed by atoms with E-state index in [0.717, 1.165) is 5.56 Å². The molecule has 0 bridgehead atoms. The third-order valence-electron chi connectivity index (χ3n) is 2.55. The molecule has 0 aliphatic carbocycles. The van der Waals surface area contributed by atoms with E-state index in [2.05, 4.69) is 10.6 Å². The molecule has 0 amide bonds. The summed E-state index contributed by atoms with van der Waals surface area (Å²) < 4.78 is 13.7. The smallest absolute Gasteiger partial charge is 0.175 e. The van der Waals surface area contributed by atoms with E-state index in [1.807, 2.05) is 6.92 Å². The summed E-state index contributed by atoms with van der Waals surface area (Å²) in [7, 11) is 0. The molecule has 0 aromatic heterocycles. The number of aryl methyl sites for hydroxylation is 1. The van der Waals surface area contributed by atoms with Gasteiger partial charge in [0.1, 0.15) is 5.82 Å². The van der Waals surface area contributed by atoms with E-state index in [4.69, 9.17) is 35.4 Å². The maximum Gasteiger partial charge on any atom is 0.175 e. The van der Waals surface area contributed by atoms with Gasteiger partial charge < -0.3 is 10.6 Å². The van der Waals surface area contributed by atoms with Crippen LogP contribution >= 0.6 is 35.4 Å². The van der Waals surface area contributed by atoms with Crippen molar-refractivity contribution >= 4 is 51.9 Å². The molecule has 104 valence electrons. The number of halogens is 3. The van der Waals surface area contributed by atoms with Crippen molar-refractivity contribution in [3.8, 4) is 0 Å². The molecule has 0 spiro atoms. The lowest BCUT2D eigenvalue weighted by Gasteiger charge is -2.12. The van der Waals surface area contributed by atoms with E-state index in [1.54, 1.807) is 30.3 Å². The number of benzene rings is 2. The Labute approximate surface area is 131 Å². The average molecular weight is 329 g/mol. The Morgan fingerprint density at radius 1 is 1.05 bits per heavy atom. The average Bonchev–Trinajstić information content (AvgIpc) is 2.37. The van der Waals surface area contributed by atoms with Crippen LogP contribution in [0.1, 0.15) is 5.56 Å². The van der Waals surface area contributed by atoms with E-state index < -0.39 is 0 Å². The van der Waals surface area contributed by atoms with Crippen LogP contribution in [0, 0.1) is 12.7 Å². The van der Waals surface area contributed by atoms with Gasteiger partial charge in [-0.1, -0.05) is 29.3 Å².